The molecule has 0 amide bonds. The Kier molecular flexibility index (Phi) is 2.28. The van der Waals surface area contributed by atoms with Crippen molar-refractivity contribution >= 4 is 0 Å². The van der Waals surface area contributed by atoms with Gasteiger partial charge in [0.05, 0.1) is 0 Å². The van der Waals surface area contributed by atoms with E-state index in [0.717, 1.165) is 0 Å². The average molecular weight is 201 g/mol. The van der Waals surface area contributed by atoms with Gasteiger partial charge in [-0.05, 0) is 67.2 Å². The molecular formula is C14H19N. The molecule has 0 heterocycles. The van der Waals surface area contributed by atoms with Gasteiger partial charge >= 0.3 is 0 Å². The predicted octanol–water partition coefficient (Wildman–Crippen LogP) is 2.90. The van der Waals surface area contributed by atoms with Gasteiger partial charge in [0.25, 0.3) is 0 Å². The lowest BCUT2D eigenvalue weighted by Crippen LogP contribution is -2.19. The molecule has 3 rings (SSSR count). The number of benzene rings is 1. The fraction of sp³-hybridized carbons (Fsp3) is 0.571. The molecule has 0 aliphatic heterocycles. The van der Waals surface area contributed by atoms with E-state index in [1.807, 2.05) is 0 Å². The fourth-order valence-corrected chi connectivity index (χ4v) is 3.09. The van der Waals surface area contributed by atoms with Crippen molar-refractivity contribution in [1.82, 2.24) is 0 Å². The highest BCUT2D eigenvalue weighted by molar-refractivity contribution is 5.42. The normalized spacial score (nSPS) is 24.5. The van der Waals surface area contributed by atoms with E-state index in [9.17, 15) is 0 Å². The molecule has 0 saturated heterocycles. The first kappa shape index (κ1) is 9.41. The molecule has 0 aromatic heterocycles. The SMILES string of the molecule is N[C@@H]1CCCc2cc3c(cc21)CCCC3. The lowest BCUT2D eigenvalue weighted by molar-refractivity contribution is 0.565. The molecule has 0 radical (unpaired) electrons. The Hall–Kier alpha value is -0.820. The molecule has 2 aliphatic rings. The van der Waals surface area contributed by atoms with Crippen molar-refractivity contribution < 1.29 is 0 Å². The van der Waals surface area contributed by atoms with Gasteiger partial charge in [0.15, 0.2) is 0 Å². The van der Waals surface area contributed by atoms with E-state index in [-0.39, 0.29) is 0 Å². The summed E-state index contributed by atoms with van der Waals surface area (Å²) in [5.74, 6) is 0. The van der Waals surface area contributed by atoms with Crippen molar-refractivity contribution in [1.29, 1.82) is 0 Å². The Balaban J connectivity index is 2.08. The van der Waals surface area contributed by atoms with Crippen LogP contribution in [0.25, 0.3) is 0 Å². The monoisotopic (exact) mass is 201 g/mol. The van der Waals surface area contributed by atoms with E-state index in [2.05, 4.69) is 12.1 Å². The first-order valence-corrected chi connectivity index (χ1v) is 6.25. The molecule has 80 valence electrons. The molecule has 0 fully saturated rings. The van der Waals surface area contributed by atoms with E-state index in [4.69, 9.17) is 5.73 Å². The van der Waals surface area contributed by atoms with Crippen LogP contribution in [-0.4, -0.2) is 0 Å². The van der Waals surface area contributed by atoms with Gasteiger partial charge < -0.3 is 5.73 Å². The highest BCUT2D eigenvalue weighted by Gasteiger charge is 2.20. The van der Waals surface area contributed by atoms with Crippen molar-refractivity contribution in [2.24, 2.45) is 5.73 Å². The number of hydrogen-bond donors (Lipinski definition) is 1. The molecule has 2 N–H and O–H groups in total. The summed E-state index contributed by atoms with van der Waals surface area (Å²) in [7, 11) is 0. The quantitative estimate of drug-likeness (QED) is 0.686. The molecule has 1 nitrogen and oxygen atoms in total. The van der Waals surface area contributed by atoms with Gasteiger partial charge in [-0.2, -0.15) is 0 Å². The van der Waals surface area contributed by atoms with Crippen LogP contribution >= 0.6 is 0 Å². The lowest BCUT2D eigenvalue weighted by atomic mass is 9.81. The number of rotatable bonds is 0. The molecule has 1 aromatic carbocycles. The van der Waals surface area contributed by atoms with Crippen molar-refractivity contribution in [3.63, 3.8) is 0 Å². The molecule has 0 bridgehead atoms. The Morgan fingerprint density at radius 2 is 1.53 bits per heavy atom. The second-order valence-corrected chi connectivity index (χ2v) is 5.03. The lowest BCUT2D eigenvalue weighted by Gasteiger charge is -2.26. The maximum absolute atomic E-state index is 6.18. The van der Waals surface area contributed by atoms with Gasteiger partial charge in [0, 0.05) is 6.04 Å². The summed E-state index contributed by atoms with van der Waals surface area (Å²) in [5, 5.41) is 0. The van der Waals surface area contributed by atoms with Crippen LogP contribution in [0.5, 0.6) is 0 Å². The molecule has 0 spiro atoms. The minimum Gasteiger partial charge on any atom is -0.324 e. The molecule has 1 aromatic rings. The number of fused-ring (bicyclic) bond motifs is 2. The second-order valence-electron chi connectivity index (χ2n) is 5.03. The Labute approximate surface area is 91.7 Å². The smallest absolute Gasteiger partial charge is 0.0297 e. The molecule has 1 heteroatoms. The van der Waals surface area contributed by atoms with Crippen molar-refractivity contribution in [2.75, 3.05) is 0 Å². The summed E-state index contributed by atoms with van der Waals surface area (Å²) in [6.45, 7) is 0. The topological polar surface area (TPSA) is 26.0 Å². The summed E-state index contributed by atoms with van der Waals surface area (Å²) in [6.07, 6.45) is 8.99. The van der Waals surface area contributed by atoms with E-state index >= 15 is 0 Å². The Bertz CT molecular complexity index is 381. The third kappa shape index (κ3) is 1.59. The number of hydrogen-bond acceptors (Lipinski definition) is 1. The first-order valence-electron chi connectivity index (χ1n) is 6.25. The number of nitrogens with two attached hydrogens (primary N) is 1. The predicted molar refractivity (Wildman–Crippen MR) is 63.0 cm³/mol. The molecule has 15 heavy (non-hydrogen) atoms. The van der Waals surface area contributed by atoms with Gasteiger partial charge in [-0.25, -0.2) is 0 Å². The van der Waals surface area contributed by atoms with E-state index in [1.165, 1.54) is 56.1 Å². The summed E-state index contributed by atoms with van der Waals surface area (Å²) < 4.78 is 0. The maximum Gasteiger partial charge on any atom is 0.0297 e. The average Bonchev–Trinajstić information content (AvgIpc) is 2.27. The third-order valence-corrected chi connectivity index (χ3v) is 3.96. The zero-order valence-corrected chi connectivity index (χ0v) is 9.26. The minimum atomic E-state index is 0.306. The van der Waals surface area contributed by atoms with E-state index < -0.39 is 0 Å². The molecule has 2 aliphatic carbocycles. The molecular weight excluding hydrogens is 182 g/mol. The summed E-state index contributed by atoms with van der Waals surface area (Å²) in [6, 6.07) is 5.16. The zero-order chi connectivity index (χ0) is 10.3. The third-order valence-electron chi connectivity index (χ3n) is 3.96. The summed E-state index contributed by atoms with van der Waals surface area (Å²) in [4.78, 5) is 0. The van der Waals surface area contributed by atoms with Crippen LogP contribution in [0.1, 0.15) is 54.0 Å². The van der Waals surface area contributed by atoms with Crippen LogP contribution in [0.15, 0.2) is 12.1 Å². The minimum absolute atomic E-state index is 0.306. The van der Waals surface area contributed by atoms with Crippen LogP contribution in [-0.2, 0) is 19.3 Å². The van der Waals surface area contributed by atoms with E-state index in [0.29, 0.717) is 6.04 Å². The van der Waals surface area contributed by atoms with Crippen molar-refractivity contribution in [3.05, 3.63) is 34.4 Å². The zero-order valence-electron chi connectivity index (χ0n) is 9.26. The standard InChI is InChI=1S/C14H19N/c15-14-7-3-6-12-8-10-4-1-2-5-11(10)9-13(12)14/h8-9,14H,1-7,15H2/t14-/m1/s1. The fourth-order valence-electron chi connectivity index (χ4n) is 3.09. The molecule has 0 unspecified atom stereocenters. The largest absolute Gasteiger partial charge is 0.324 e. The number of aryl methyl sites for hydroxylation is 3. The first-order chi connectivity index (χ1) is 7.34. The highest BCUT2D eigenvalue weighted by atomic mass is 14.6. The van der Waals surface area contributed by atoms with Gasteiger partial charge in [0.2, 0.25) is 0 Å². The van der Waals surface area contributed by atoms with E-state index in [1.54, 1.807) is 11.1 Å². The van der Waals surface area contributed by atoms with Crippen LogP contribution in [0.3, 0.4) is 0 Å². The molecule has 0 saturated carbocycles. The summed E-state index contributed by atoms with van der Waals surface area (Å²) >= 11 is 0. The Morgan fingerprint density at radius 1 is 0.867 bits per heavy atom. The molecule has 1 atom stereocenters. The van der Waals surface area contributed by atoms with Crippen LogP contribution in [0, 0.1) is 0 Å². The van der Waals surface area contributed by atoms with Gasteiger partial charge in [0.1, 0.15) is 0 Å². The van der Waals surface area contributed by atoms with Crippen molar-refractivity contribution in [3.8, 4) is 0 Å². The van der Waals surface area contributed by atoms with Crippen LogP contribution in [0.2, 0.25) is 0 Å². The van der Waals surface area contributed by atoms with Gasteiger partial charge in [-0.3, -0.25) is 0 Å². The van der Waals surface area contributed by atoms with Crippen molar-refractivity contribution in [2.45, 2.75) is 51.0 Å². The Morgan fingerprint density at radius 3 is 2.33 bits per heavy atom. The highest BCUT2D eigenvalue weighted by Crippen LogP contribution is 2.32. The maximum atomic E-state index is 6.18. The van der Waals surface area contributed by atoms with Gasteiger partial charge in [-0.1, -0.05) is 12.1 Å². The van der Waals surface area contributed by atoms with Crippen LogP contribution in [0.4, 0.5) is 0 Å². The summed E-state index contributed by atoms with van der Waals surface area (Å²) in [5.41, 5.74) is 12.3. The second kappa shape index (κ2) is 3.64. The van der Waals surface area contributed by atoms with Crippen LogP contribution < -0.4 is 5.73 Å². The van der Waals surface area contributed by atoms with Gasteiger partial charge in [-0.15, -0.1) is 0 Å².